The maximum absolute atomic E-state index is 12.1. The molecule has 0 spiro atoms. The van der Waals surface area contributed by atoms with Crippen LogP contribution in [0.4, 0.5) is 0 Å². The molecule has 2 amide bonds. The fraction of sp³-hybridized carbons (Fsp3) is 0.867. The fourth-order valence-corrected chi connectivity index (χ4v) is 2.58. The molecule has 0 aromatic rings. The molecule has 0 bridgehead atoms. The number of nitrogens with one attached hydrogen (secondary N) is 1. The number of carbonyl (C=O) groups is 2. The zero-order chi connectivity index (χ0) is 16.0. The molecule has 8 heteroatoms. The normalized spacial score (nSPS) is 16.6. The lowest BCUT2D eigenvalue weighted by Gasteiger charge is -2.33. The van der Waals surface area contributed by atoms with E-state index in [0.717, 1.165) is 32.5 Å². The van der Waals surface area contributed by atoms with Crippen LogP contribution in [0, 0.1) is 11.8 Å². The number of rotatable bonds is 6. The van der Waals surface area contributed by atoms with Crippen LogP contribution in [0.3, 0.4) is 0 Å². The average Bonchev–Trinajstić information content (AvgIpc) is 2.43. The van der Waals surface area contributed by atoms with E-state index in [0.29, 0.717) is 5.92 Å². The Morgan fingerprint density at radius 1 is 1.22 bits per heavy atom. The first kappa shape index (κ1) is 24.7. The first-order valence-electron chi connectivity index (χ1n) is 7.77. The Morgan fingerprint density at radius 2 is 1.74 bits per heavy atom. The lowest BCUT2D eigenvalue weighted by Crippen LogP contribution is -2.49. The van der Waals surface area contributed by atoms with Gasteiger partial charge in [0, 0.05) is 19.6 Å². The first-order valence-corrected chi connectivity index (χ1v) is 7.77. The first-order chi connectivity index (χ1) is 9.81. The van der Waals surface area contributed by atoms with Gasteiger partial charge in [-0.15, -0.1) is 24.8 Å². The third-order valence-electron chi connectivity index (χ3n) is 4.03. The molecule has 0 aromatic heterocycles. The van der Waals surface area contributed by atoms with Crippen molar-refractivity contribution in [2.45, 2.75) is 32.7 Å². The number of likely N-dealkylation sites (tertiary alicyclic amines) is 1. The maximum atomic E-state index is 12.1. The fourth-order valence-electron chi connectivity index (χ4n) is 2.58. The maximum Gasteiger partial charge on any atom is 0.241 e. The smallest absolute Gasteiger partial charge is 0.241 e. The van der Waals surface area contributed by atoms with Crippen LogP contribution in [-0.2, 0) is 9.59 Å². The summed E-state index contributed by atoms with van der Waals surface area (Å²) in [5.41, 5.74) is 5.75. The zero-order valence-corrected chi connectivity index (χ0v) is 16.2. The van der Waals surface area contributed by atoms with Crippen molar-refractivity contribution in [3.63, 3.8) is 0 Å². The van der Waals surface area contributed by atoms with Gasteiger partial charge < -0.3 is 20.9 Å². The van der Waals surface area contributed by atoms with Gasteiger partial charge in [0.1, 0.15) is 0 Å². The SMILES string of the molecule is CC(C)[C@H](N)C(=O)NCC(=O)N1CCC(CN(C)C)CC1.Cl.Cl. The molecule has 23 heavy (non-hydrogen) atoms. The Hall–Kier alpha value is -0.560. The number of carbonyl (C=O) groups excluding carboxylic acids is 2. The summed E-state index contributed by atoms with van der Waals surface area (Å²) < 4.78 is 0. The average molecular weight is 371 g/mol. The number of amides is 2. The topological polar surface area (TPSA) is 78.7 Å². The minimum atomic E-state index is -0.552. The molecule has 1 aliphatic heterocycles. The van der Waals surface area contributed by atoms with Crippen molar-refractivity contribution < 1.29 is 9.59 Å². The lowest BCUT2D eigenvalue weighted by atomic mass is 9.96. The van der Waals surface area contributed by atoms with Crippen molar-refractivity contribution in [3.05, 3.63) is 0 Å². The van der Waals surface area contributed by atoms with Crippen LogP contribution in [0.1, 0.15) is 26.7 Å². The Kier molecular flexibility index (Phi) is 12.8. The molecule has 0 aromatic carbocycles. The predicted octanol–water partition coefficient (Wildman–Crippen LogP) is 0.730. The number of nitrogens with zero attached hydrogens (tertiary/aromatic N) is 2. The van der Waals surface area contributed by atoms with Crippen LogP contribution in [0.15, 0.2) is 0 Å². The number of piperidine rings is 1. The molecule has 0 saturated carbocycles. The van der Waals surface area contributed by atoms with Crippen molar-refractivity contribution in [1.29, 1.82) is 0 Å². The van der Waals surface area contributed by atoms with E-state index in [1.54, 1.807) is 0 Å². The van der Waals surface area contributed by atoms with E-state index in [-0.39, 0.29) is 49.1 Å². The summed E-state index contributed by atoms with van der Waals surface area (Å²) in [6.07, 6.45) is 2.06. The highest BCUT2D eigenvalue weighted by Crippen LogP contribution is 2.17. The molecule has 0 aliphatic carbocycles. The van der Waals surface area contributed by atoms with E-state index in [1.807, 2.05) is 18.7 Å². The summed E-state index contributed by atoms with van der Waals surface area (Å²) in [6.45, 7) is 6.47. The van der Waals surface area contributed by atoms with Crippen molar-refractivity contribution in [2.75, 3.05) is 40.3 Å². The molecule has 0 unspecified atom stereocenters. The molecule has 1 heterocycles. The van der Waals surface area contributed by atoms with E-state index in [2.05, 4.69) is 24.3 Å². The largest absolute Gasteiger partial charge is 0.346 e. The van der Waals surface area contributed by atoms with Crippen LogP contribution in [0.2, 0.25) is 0 Å². The van der Waals surface area contributed by atoms with Crippen LogP contribution in [0.25, 0.3) is 0 Å². The van der Waals surface area contributed by atoms with E-state index >= 15 is 0 Å². The summed E-state index contributed by atoms with van der Waals surface area (Å²) in [4.78, 5) is 27.8. The monoisotopic (exact) mass is 370 g/mol. The van der Waals surface area contributed by atoms with Gasteiger partial charge in [-0.25, -0.2) is 0 Å². The predicted molar refractivity (Wildman–Crippen MR) is 98.2 cm³/mol. The molecule has 138 valence electrons. The Labute approximate surface area is 152 Å². The van der Waals surface area contributed by atoms with E-state index in [4.69, 9.17) is 5.73 Å². The highest BCUT2D eigenvalue weighted by molar-refractivity contribution is 5.87. The molecule has 1 fully saturated rings. The molecule has 1 saturated heterocycles. The van der Waals surface area contributed by atoms with Gasteiger partial charge in [0.15, 0.2) is 0 Å². The van der Waals surface area contributed by atoms with E-state index in [9.17, 15) is 9.59 Å². The lowest BCUT2D eigenvalue weighted by molar-refractivity contribution is -0.134. The number of halogens is 2. The van der Waals surface area contributed by atoms with Gasteiger partial charge in [-0.3, -0.25) is 9.59 Å². The van der Waals surface area contributed by atoms with Gasteiger partial charge in [-0.1, -0.05) is 13.8 Å². The third kappa shape index (κ3) is 8.74. The molecule has 1 atom stereocenters. The summed E-state index contributed by atoms with van der Waals surface area (Å²) in [5, 5.41) is 2.64. The molecule has 1 rings (SSSR count). The third-order valence-corrected chi connectivity index (χ3v) is 4.03. The van der Waals surface area contributed by atoms with Gasteiger partial charge >= 0.3 is 0 Å². The highest BCUT2D eigenvalue weighted by Gasteiger charge is 2.24. The van der Waals surface area contributed by atoms with Gasteiger partial charge in [-0.05, 0) is 38.8 Å². The quantitative estimate of drug-likeness (QED) is 0.722. The summed E-state index contributed by atoms with van der Waals surface area (Å²) in [6, 6.07) is -0.552. The molecule has 3 N–H and O–H groups in total. The second-order valence-electron chi connectivity index (χ2n) is 6.57. The molecule has 6 nitrogen and oxygen atoms in total. The minimum Gasteiger partial charge on any atom is -0.346 e. The van der Waals surface area contributed by atoms with Crippen molar-refractivity contribution in [3.8, 4) is 0 Å². The highest BCUT2D eigenvalue weighted by atomic mass is 35.5. The van der Waals surface area contributed by atoms with Crippen molar-refractivity contribution in [1.82, 2.24) is 15.1 Å². The second kappa shape index (κ2) is 11.9. The zero-order valence-electron chi connectivity index (χ0n) is 14.6. The van der Waals surface area contributed by atoms with E-state index in [1.165, 1.54) is 0 Å². The Morgan fingerprint density at radius 3 is 2.17 bits per heavy atom. The van der Waals surface area contributed by atoms with Crippen molar-refractivity contribution >= 4 is 36.6 Å². The van der Waals surface area contributed by atoms with Crippen LogP contribution in [0.5, 0.6) is 0 Å². The molecular weight excluding hydrogens is 339 g/mol. The van der Waals surface area contributed by atoms with Crippen LogP contribution in [-0.4, -0.2) is 67.9 Å². The summed E-state index contributed by atoms with van der Waals surface area (Å²) in [7, 11) is 4.15. The minimum absolute atomic E-state index is 0. The number of nitrogens with two attached hydrogens (primary N) is 1. The number of hydrogen-bond acceptors (Lipinski definition) is 4. The standard InChI is InChI=1S/C15H30N4O2.2ClH/c1-11(2)14(16)15(21)17-9-13(20)19-7-5-12(6-8-19)10-18(3)4;;/h11-12,14H,5-10,16H2,1-4H3,(H,17,21);2*1H/t14-;;/m0../s1. The molecule has 1 aliphatic rings. The number of hydrogen-bond donors (Lipinski definition) is 2. The Balaban J connectivity index is 0. The molecule has 0 radical (unpaired) electrons. The van der Waals surface area contributed by atoms with Crippen LogP contribution < -0.4 is 11.1 Å². The van der Waals surface area contributed by atoms with Crippen LogP contribution >= 0.6 is 24.8 Å². The van der Waals surface area contributed by atoms with Crippen molar-refractivity contribution in [2.24, 2.45) is 17.6 Å². The van der Waals surface area contributed by atoms with Gasteiger partial charge in [0.2, 0.25) is 11.8 Å². The second-order valence-corrected chi connectivity index (χ2v) is 6.57. The van der Waals surface area contributed by atoms with E-state index < -0.39 is 6.04 Å². The Bertz CT molecular complexity index is 359. The molecular formula is C15H32Cl2N4O2. The summed E-state index contributed by atoms with van der Waals surface area (Å²) in [5.74, 6) is 0.471. The summed E-state index contributed by atoms with van der Waals surface area (Å²) >= 11 is 0. The van der Waals surface area contributed by atoms with Gasteiger partial charge in [-0.2, -0.15) is 0 Å². The van der Waals surface area contributed by atoms with Gasteiger partial charge in [0.25, 0.3) is 0 Å². The van der Waals surface area contributed by atoms with Gasteiger partial charge in [0.05, 0.1) is 12.6 Å².